The van der Waals surface area contributed by atoms with Gasteiger partial charge in [0.25, 0.3) is 0 Å². The molecule has 0 radical (unpaired) electrons. The number of hydrogen-bond acceptors (Lipinski definition) is 2. The summed E-state index contributed by atoms with van der Waals surface area (Å²) >= 11 is 1.88. The van der Waals surface area contributed by atoms with E-state index >= 15 is 0 Å². The molecule has 2 nitrogen and oxygen atoms in total. The lowest BCUT2D eigenvalue weighted by atomic mass is 10.1. The summed E-state index contributed by atoms with van der Waals surface area (Å²) in [7, 11) is 0. The third-order valence-corrected chi connectivity index (χ3v) is 6.29. The zero-order valence-electron chi connectivity index (χ0n) is 16.6. The van der Waals surface area contributed by atoms with Crippen molar-refractivity contribution in [3.8, 4) is 0 Å². The summed E-state index contributed by atoms with van der Waals surface area (Å²) in [6, 6.07) is 22.0. The highest BCUT2D eigenvalue weighted by Crippen LogP contribution is 2.46. The lowest BCUT2D eigenvalue weighted by Gasteiger charge is -2.17. The van der Waals surface area contributed by atoms with Crippen LogP contribution in [0.25, 0.3) is 17.0 Å². The van der Waals surface area contributed by atoms with Gasteiger partial charge in [-0.1, -0.05) is 49.4 Å². The van der Waals surface area contributed by atoms with E-state index in [1.165, 1.54) is 51.5 Å². The predicted molar refractivity (Wildman–Crippen MR) is 117 cm³/mol. The van der Waals surface area contributed by atoms with Crippen LogP contribution in [0.3, 0.4) is 0 Å². The smallest absolute Gasteiger partial charge is 0.212 e. The van der Waals surface area contributed by atoms with Gasteiger partial charge in [-0.2, -0.15) is 4.57 Å². The van der Waals surface area contributed by atoms with Crippen LogP contribution in [-0.4, -0.2) is 6.54 Å². The highest BCUT2D eigenvalue weighted by molar-refractivity contribution is 8.03. The van der Waals surface area contributed by atoms with Gasteiger partial charge in [0.05, 0.1) is 10.7 Å². The summed E-state index contributed by atoms with van der Waals surface area (Å²) in [4.78, 5) is 3.77. The average Bonchev–Trinajstić information content (AvgIpc) is 3.06. The molecule has 0 bridgehead atoms. The normalized spacial score (nSPS) is 14.4. The first-order chi connectivity index (χ1) is 13.3. The van der Waals surface area contributed by atoms with Crippen LogP contribution in [0, 0.1) is 0 Å². The molecule has 28 heavy (non-hydrogen) atoms. The molecule has 0 unspecified atom stereocenters. The van der Waals surface area contributed by atoms with Gasteiger partial charge in [-0.05, 0) is 37.6 Å². The summed E-state index contributed by atoms with van der Waals surface area (Å²) in [6.45, 7) is 6.55. The molecule has 0 fully saturated rings. The number of thioether (sulfide) groups is 1. The fourth-order valence-electron chi connectivity index (χ4n) is 3.79. The molecule has 2 aromatic carbocycles. The average molecular weight is 502 g/mol. The molecule has 3 aromatic rings. The number of hydrogen-bond donors (Lipinski definition) is 0. The van der Waals surface area contributed by atoms with Crippen molar-refractivity contribution in [2.75, 3.05) is 11.4 Å². The maximum Gasteiger partial charge on any atom is 0.212 e. The van der Waals surface area contributed by atoms with Crippen LogP contribution in [-0.2, 0) is 6.54 Å². The second-order valence-electron chi connectivity index (χ2n) is 6.97. The number of fused-ring (bicyclic) bond motifs is 2. The van der Waals surface area contributed by atoms with Crippen LogP contribution in [0.5, 0.6) is 0 Å². The van der Waals surface area contributed by atoms with Crippen molar-refractivity contribution < 1.29 is 28.5 Å². The molecule has 4 rings (SSSR count). The highest BCUT2D eigenvalue weighted by atomic mass is 127. The van der Waals surface area contributed by atoms with E-state index in [2.05, 4.69) is 90.1 Å². The van der Waals surface area contributed by atoms with Crippen molar-refractivity contribution >= 4 is 34.4 Å². The molecule has 0 N–H and O–H groups in total. The van der Waals surface area contributed by atoms with Gasteiger partial charge >= 0.3 is 0 Å². The molecular weight excluding hydrogens is 475 g/mol. The Bertz CT molecular complexity index is 983. The van der Waals surface area contributed by atoms with E-state index in [4.69, 9.17) is 0 Å². The Kier molecular flexibility index (Phi) is 7.41. The van der Waals surface area contributed by atoms with Crippen molar-refractivity contribution in [2.45, 2.75) is 44.6 Å². The van der Waals surface area contributed by atoms with Crippen LogP contribution < -0.4 is 33.4 Å². The minimum absolute atomic E-state index is 0. The zero-order chi connectivity index (χ0) is 18.6. The van der Waals surface area contributed by atoms with E-state index in [-0.39, 0.29) is 24.0 Å². The first-order valence-corrected chi connectivity index (χ1v) is 10.8. The molecule has 0 saturated heterocycles. The highest BCUT2D eigenvalue weighted by Gasteiger charge is 2.25. The number of rotatable bonds is 6. The van der Waals surface area contributed by atoms with E-state index in [9.17, 15) is 0 Å². The third kappa shape index (κ3) is 4.23. The topological polar surface area (TPSA) is 7.12 Å². The summed E-state index contributed by atoms with van der Waals surface area (Å²) in [5.41, 5.74) is 3.94. The Labute approximate surface area is 189 Å². The minimum atomic E-state index is 0. The standard InChI is InChI=1S/C24H27N2S.HI/c1-3-5-10-17-26-20(16-15-19-11-6-7-12-21(19)26)18-24-25(4-2)22-13-8-9-14-23(22)27-24;/h6-9,11-16,18H,3-5,10,17H2,1-2H3;1H/q+1;/p-1. The van der Waals surface area contributed by atoms with Gasteiger partial charge in [0.1, 0.15) is 6.54 Å². The van der Waals surface area contributed by atoms with Crippen LogP contribution in [0.1, 0.15) is 38.8 Å². The molecule has 1 aromatic heterocycles. The summed E-state index contributed by atoms with van der Waals surface area (Å²) in [5.74, 6) is 0. The first-order valence-electron chi connectivity index (χ1n) is 9.99. The molecule has 0 aliphatic carbocycles. The minimum Gasteiger partial charge on any atom is -1.00 e. The number of aryl methyl sites for hydroxylation is 1. The molecule has 0 spiro atoms. The monoisotopic (exact) mass is 502 g/mol. The Balaban J connectivity index is 0.00000225. The largest absolute Gasteiger partial charge is 1.00 e. The number of anilines is 1. The van der Waals surface area contributed by atoms with Crippen LogP contribution >= 0.6 is 11.8 Å². The molecule has 1 aliphatic rings. The Morgan fingerprint density at radius 3 is 2.54 bits per heavy atom. The van der Waals surface area contributed by atoms with E-state index in [0.717, 1.165) is 13.1 Å². The quantitative estimate of drug-likeness (QED) is 0.290. The zero-order valence-corrected chi connectivity index (χ0v) is 19.5. The number of para-hydroxylation sites is 2. The van der Waals surface area contributed by atoms with E-state index < -0.39 is 0 Å². The third-order valence-electron chi connectivity index (χ3n) is 5.18. The molecule has 1 aliphatic heterocycles. The van der Waals surface area contributed by atoms with Crippen molar-refractivity contribution in [1.82, 2.24) is 0 Å². The number of aromatic nitrogens is 1. The van der Waals surface area contributed by atoms with Gasteiger partial charge in [-0.15, -0.1) is 0 Å². The summed E-state index contributed by atoms with van der Waals surface area (Å²) < 4.78 is 2.50. The van der Waals surface area contributed by atoms with Crippen molar-refractivity contribution in [3.05, 3.63) is 71.4 Å². The van der Waals surface area contributed by atoms with Crippen molar-refractivity contribution in [2.24, 2.45) is 0 Å². The van der Waals surface area contributed by atoms with Crippen molar-refractivity contribution in [3.63, 3.8) is 0 Å². The molecule has 0 amide bonds. The Morgan fingerprint density at radius 1 is 0.929 bits per heavy atom. The maximum absolute atomic E-state index is 2.50. The van der Waals surface area contributed by atoms with Gasteiger partial charge in [-0.25, -0.2) is 0 Å². The van der Waals surface area contributed by atoms with Crippen LogP contribution in [0.2, 0.25) is 0 Å². The first kappa shape index (κ1) is 21.2. The summed E-state index contributed by atoms with van der Waals surface area (Å²) in [5, 5.41) is 2.63. The Hall–Kier alpha value is -1.53. The molecule has 0 saturated carbocycles. The fraction of sp³-hybridized carbons (Fsp3) is 0.292. The van der Waals surface area contributed by atoms with Gasteiger partial charge in [0.15, 0.2) is 0 Å². The SMILES string of the molecule is CCCCC[n+]1c(/C=C2/Sc3ccccc3N2CC)ccc2ccccc21.[I-]. The number of halogens is 1. The van der Waals surface area contributed by atoms with Gasteiger partial charge < -0.3 is 28.9 Å². The molecule has 146 valence electrons. The number of nitrogens with zero attached hydrogens (tertiary/aromatic N) is 2. The number of pyridine rings is 1. The lowest BCUT2D eigenvalue weighted by Crippen LogP contribution is -3.00. The Morgan fingerprint density at radius 2 is 1.71 bits per heavy atom. The van der Waals surface area contributed by atoms with E-state index in [0.29, 0.717) is 0 Å². The number of benzene rings is 2. The van der Waals surface area contributed by atoms with E-state index in [1.807, 2.05) is 11.8 Å². The predicted octanol–water partition coefficient (Wildman–Crippen LogP) is 3.25. The second-order valence-corrected chi connectivity index (χ2v) is 8.03. The van der Waals surface area contributed by atoms with Crippen molar-refractivity contribution in [1.29, 1.82) is 0 Å². The molecule has 4 heteroatoms. The van der Waals surface area contributed by atoms with Gasteiger partial charge in [-0.3, -0.25) is 0 Å². The lowest BCUT2D eigenvalue weighted by molar-refractivity contribution is -0.673. The fourth-order valence-corrected chi connectivity index (χ4v) is 4.96. The number of unbranched alkanes of at least 4 members (excludes halogenated alkanes) is 2. The maximum atomic E-state index is 2.50. The summed E-state index contributed by atoms with van der Waals surface area (Å²) in [6.07, 6.45) is 6.10. The second kappa shape index (κ2) is 9.79. The molecule has 0 atom stereocenters. The van der Waals surface area contributed by atoms with Crippen LogP contribution in [0.15, 0.2) is 70.6 Å². The molecule has 2 heterocycles. The van der Waals surface area contributed by atoms with Gasteiger partial charge in [0, 0.05) is 41.5 Å². The molecular formula is C24H27IN2S. The van der Waals surface area contributed by atoms with Crippen LogP contribution in [0.4, 0.5) is 5.69 Å². The van der Waals surface area contributed by atoms with E-state index in [1.54, 1.807) is 0 Å². The van der Waals surface area contributed by atoms with Gasteiger partial charge in [0.2, 0.25) is 11.2 Å².